The number of hydrogen-bond acceptors (Lipinski definition) is 6. The molecular formula is C30H34N6O2. The predicted octanol–water partition coefficient (Wildman–Crippen LogP) is 4.07. The van der Waals surface area contributed by atoms with Gasteiger partial charge in [0, 0.05) is 68.3 Å². The number of ether oxygens (including phenoxy) is 1. The zero-order valence-corrected chi connectivity index (χ0v) is 21.8. The van der Waals surface area contributed by atoms with Crippen molar-refractivity contribution >= 4 is 28.3 Å². The molecule has 8 heteroatoms. The molecule has 6 rings (SSSR count). The summed E-state index contributed by atoms with van der Waals surface area (Å²) in [6, 6.07) is 22.2. The molecule has 38 heavy (non-hydrogen) atoms. The number of imidazole rings is 1. The molecule has 2 aliphatic rings. The van der Waals surface area contributed by atoms with E-state index in [9.17, 15) is 4.79 Å². The predicted molar refractivity (Wildman–Crippen MR) is 152 cm³/mol. The van der Waals surface area contributed by atoms with E-state index in [0.29, 0.717) is 5.56 Å². The summed E-state index contributed by atoms with van der Waals surface area (Å²) in [5.74, 6) is 0.693. The number of H-pyrrole nitrogens is 1. The van der Waals surface area contributed by atoms with Crippen molar-refractivity contribution in [3.8, 4) is 11.4 Å². The van der Waals surface area contributed by atoms with E-state index in [1.165, 1.54) is 5.56 Å². The van der Waals surface area contributed by atoms with Crippen LogP contribution in [0.1, 0.15) is 15.9 Å². The third-order valence-corrected chi connectivity index (χ3v) is 7.48. The van der Waals surface area contributed by atoms with Crippen LogP contribution < -0.4 is 10.2 Å². The topological polar surface area (TPSA) is 76.7 Å². The number of amides is 1. The van der Waals surface area contributed by atoms with Gasteiger partial charge >= 0.3 is 0 Å². The molecule has 196 valence electrons. The van der Waals surface area contributed by atoms with E-state index >= 15 is 0 Å². The summed E-state index contributed by atoms with van der Waals surface area (Å²) in [7, 11) is 2.18. The highest BCUT2D eigenvalue weighted by Gasteiger charge is 2.15. The molecule has 1 aromatic heterocycles. The quantitative estimate of drug-likeness (QED) is 0.407. The molecule has 0 spiro atoms. The van der Waals surface area contributed by atoms with E-state index in [4.69, 9.17) is 9.72 Å². The molecule has 0 bridgehead atoms. The second-order valence-electron chi connectivity index (χ2n) is 10.2. The molecule has 3 aromatic carbocycles. The number of anilines is 2. The van der Waals surface area contributed by atoms with Crippen molar-refractivity contribution in [1.29, 1.82) is 0 Å². The number of carbonyl (C=O) groups is 1. The van der Waals surface area contributed by atoms with E-state index in [1.807, 2.05) is 42.5 Å². The Morgan fingerprint density at radius 3 is 2.39 bits per heavy atom. The normalized spacial score (nSPS) is 17.1. The molecule has 2 saturated heterocycles. The second-order valence-corrected chi connectivity index (χ2v) is 10.2. The second kappa shape index (κ2) is 10.9. The standard InChI is InChI=1S/C30H34N6O2/c1-34-12-14-35(15-13-34)21-22-2-4-23(5-3-22)29-32-27-11-8-25(20-28(27)33-29)31-30(37)24-6-9-26(10-7-24)36-16-18-38-19-17-36/h2-11,20H,12-19,21H2,1H3,(H,31,37)(H,32,33). The lowest BCUT2D eigenvalue weighted by Gasteiger charge is -2.32. The van der Waals surface area contributed by atoms with Crippen molar-refractivity contribution in [2.75, 3.05) is 69.7 Å². The summed E-state index contributed by atoms with van der Waals surface area (Å²) in [5, 5.41) is 3.01. The molecule has 0 saturated carbocycles. The van der Waals surface area contributed by atoms with Gasteiger partial charge in [-0.1, -0.05) is 24.3 Å². The number of likely N-dealkylation sites (N-methyl/N-ethyl adjacent to an activating group) is 1. The number of piperazine rings is 1. The molecule has 2 N–H and O–H groups in total. The summed E-state index contributed by atoms with van der Waals surface area (Å²) in [6.07, 6.45) is 0. The fraction of sp³-hybridized carbons (Fsp3) is 0.333. The minimum Gasteiger partial charge on any atom is -0.378 e. The summed E-state index contributed by atoms with van der Waals surface area (Å²) in [5.41, 5.74) is 6.59. The van der Waals surface area contributed by atoms with Crippen molar-refractivity contribution in [2.45, 2.75) is 6.54 Å². The molecule has 0 unspecified atom stereocenters. The van der Waals surface area contributed by atoms with Gasteiger partial charge in [0.15, 0.2) is 0 Å². The number of hydrogen-bond donors (Lipinski definition) is 2. The first-order chi connectivity index (χ1) is 18.6. The first-order valence-electron chi connectivity index (χ1n) is 13.3. The number of morpholine rings is 1. The van der Waals surface area contributed by atoms with Crippen LogP contribution in [-0.4, -0.2) is 85.2 Å². The Bertz CT molecular complexity index is 1380. The van der Waals surface area contributed by atoms with E-state index in [0.717, 1.165) is 92.8 Å². The number of nitrogens with one attached hydrogen (secondary N) is 2. The van der Waals surface area contributed by atoms with Gasteiger partial charge in [0.25, 0.3) is 5.91 Å². The summed E-state index contributed by atoms with van der Waals surface area (Å²) >= 11 is 0. The summed E-state index contributed by atoms with van der Waals surface area (Å²) in [4.78, 5) is 28.2. The number of fused-ring (bicyclic) bond motifs is 1. The van der Waals surface area contributed by atoms with Crippen molar-refractivity contribution in [3.63, 3.8) is 0 Å². The first kappa shape index (κ1) is 24.6. The zero-order valence-electron chi connectivity index (χ0n) is 21.8. The smallest absolute Gasteiger partial charge is 0.255 e. The molecular weight excluding hydrogens is 476 g/mol. The molecule has 2 aliphatic heterocycles. The molecule has 0 atom stereocenters. The van der Waals surface area contributed by atoms with Crippen LogP contribution in [0.25, 0.3) is 22.4 Å². The van der Waals surface area contributed by atoms with Gasteiger partial charge < -0.3 is 24.8 Å². The number of carbonyl (C=O) groups excluding carboxylic acids is 1. The SMILES string of the molecule is CN1CCN(Cc2ccc(-c3nc4cc(NC(=O)c5ccc(N6CCOCC6)cc5)ccc4[nH]3)cc2)CC1. The monoisotopic (exact) mass is 510 g/mol. The molecule has 2 fully saturated rings. The highest BCUT2D eigenvalue weighted by atomic mass is 16.5. The fourth-order valence-electron chi connectivity index (χ4n) is 5.10. The number of nitrogens with zero attached hydrogens (tertiary/aromatic N) is 4. The molecule has 3 heterocycles. The molecule has 4 aromatic rings. The van der Waals surface area contributed by atoms with Gasteiger partial charge in [0.2, 0.25) is 0 Å². The van der Waals surface area contributed by atoms with Gasteiger partial charge in [0.05, 0.1) is 24.2 Å². The van der Waals surface area contributed by atoms with Crippen molar-refractivity contribution < 1.29 is 9.53 Å². The summed E-state index contributed by atoms with van der Waals surface area (Å²) in [6.45, 7) is 8.68. The number of aromatic nitrogens is 2. The van der Waals surface area contributed by atoms with Crippen LogP contribution in [0.3, 0.4) is 0 Å². The van der Waals surface area contributed by atoms with E-state index in [-0.39, 0.29) is 5.91 Å². The van der Waals surface area contributed by atoms with Gasteiger partial charge in [-0.25, -0.2) is 4.98 Å². The lowest BCUT2D eigenvalue weighted by atomic mass is 10.1. The highest BCUT2D eigenvalue weighted by molar-refractivity contribution is 6.05. The lowest BCUT2D eigenvalue weighted by molar-refractivity contribution is 0.102. The van der Waals surface area contributed by atoms with Crippen molar-refractivity contribution in [3.05, 3.63) is 77.9 Å². The maximum Gasteiger partial charge on any atom is 0.255 e. The Labute approximate surface area is 223 Å². The van der Waals surface area contributed by atoms with Crippen molar-refractivity contribution in [2.24, 2.45) is 0 Å². The van der Waals surface area contributed by atoms with Gasteiger partial charge in [-0.3, -0.25) is 9.69 Å². The van der Waals surface area contributed by atoms with Gasteiger partial charge in [-0.2, -0.15) is 0 Å². The zero-order chi connectivity index (χ0) is 25.9. The Kier molecular flexibility index (Phi) is 7.09. The number of rotatable bonds is 6. The first-order valence-corrected chi connectivity index (χ1v) is 13.3. The van der Waals surface area contributed by atoms with Gasteiger partial charge in [-0.15, -0.1) is 0 Å². The van der Waals surface area contributed by atoms with E-state index in [2.05, 4.69) is 56.3 Å². The number of aromatic amines is 1. The van der Waals surface area contributed by atoms with Crippen LogP contribution in [0.2, 0.25) is 0 Å². The Morgan fingerprint density at radius 1 is 0.921 bits per heavy atom. The van der Waals surface area contributed by atoms with E-state index < -0.39 is 0 Å². The number of benzene rings is 3. The van der Waals surface area contributed by atoms with Crippen molar-refractivity contribution in [1.82, 2.24) is 19.8 Å². The average Bonchev–Trinajstić information content (AvgIpc) is 3.39. The van der Waals surface area contributed by atoms with E-state index in [1.54, 1.807) is 0 Å². The average molecular weight is 511 g/mol. The maximum atomic E-state index is 12.9. The van der Waals surface area contributed by atoms with Crippen LogP contribution in [0, 0.1) is 0 Å². The maximum absolute atomic E-state index is 12.9. The Balaban J connectivity index is 1.10. The van der Waals surface area contributed by atoms with Gasteiger partial charge in [-0.05, 0) is 55.1 Å². The third-order valence-electron chi connectivity index (χ3n) is 7.48. The minimum atomic E-state index is -0.135. The molecule has 8 nitrogen and oxygen atoms in total. The Morgan fingerprint density at radius 2 is 1.66 bits per heavy atom. The van der Waals surface area contributed by atoms with Gasteiger partial charge in [0.1, 0.15) is 5.82 Å². The highest BCUT2D eigenvalue weighted by Crippen LogP contribution is 2.24. The van der Waals surface area contributed by atoms with Crippen LogP contribution in [-0.2, 0) is 11.3 Å². The van der Waals surface area contributed by atoms with Crippen LogP contribution in [0.15, 0.2) is 66.7 Å². The summed E-state index contributed by atoms with van der Waals surface area (Å²) < 4.78 is 5.42. The van der Waals surface area contributed by atoms with Crippen LogP contribution >= 0.6 is 0 Å². The van der Waals surface area contributed by atoms with Crippen LogP contribution in [0.4, 0.5) is 11.4 Å². The minimum absolute atomic E-state index is 0.135. The largest absolute Gasteiger partial charge is 0.378 e. The molecule has 1 amide bonds. The lowest BCUT2D eigenvalue weighted by Crippen LogP contribution is -2.43. The fourth-order valence-corrected chi connectivity index (χ4v) is 5.10. The Hall–Kier alpha value is -3.72. The molecule has 0 aliphatic carbocycles. The third kappa shape index (κ3) is 5.57. The van der Waals surface area contributed by atoms with Crippen LogP contribution in [0.5, 0.6) is 0 Å². The molecule has 0 radical (unpaired) electrons.